The van der Waals surface area contributed by atoms with Crippen LogP contribution in [0.25, 0.3) is 33.7 Å². The van der Waals surface area contributed by atoms with E-state index in [0.717, 1.165) is 52.6 Å². The molecule has 8 heteroatoms. The highest BCUT2D eigenvalue weighted by molar-refractivity contribution is 5.95. The molecule has 0 aliphatic heterocycles. The average Bonchev–Trinajstić information content (AvgIpc) is 3.37. The second-order valence-electron chi connectivity index (χ2n) is 9.69. The normalized spacial score (nSPS) is 14.6. The molecule has 0 radical (unpaired) electrons. The van der Waals surface area contributed by atoms with Crippen LogP contribution in [-0.2, 0) is 0 Å². The van der Waals surface area contributed by atoms with Gasteiger partial charge in [0.05, 0.1) is 17.7 Å². The minimum atomic E-state index is -0.419. The third-order valence-electron chi connectivity index (χ3n) is 6.79. The van der Waals surface area contributed by atoms with Crippen molar-refractivity contribution in [2.75, 3.05) is 0 Å². The van der Waals surface area contributed by atoms with Crippen LogP contribution in [0.5, 0.6) is 0 Å². The number of hydrogen-bond donors (Lipinski definition) is 3. The van der Waals surface area contributed by atoms with Gasteiger partial charge in [0.1, 0.15) is 16.9 Å². The first-order chi connectivity index (χ1) is 18.8. The van der Waals surface area contributed by atoms with Crippen molar-refractivity contribution in [1.82, 2.24) is 35.0 Å². The molecule has 1 aromatic carbocycles. The number of aromatic amines is 2. The largest absolute Gasteiger partial charge is 0.359 e. The van der Waals surface area contributed by atoms with Gasteiger partial charge in [-0.3, -0.25) is 5.10 Å². The number of fused-ring (bicyclic) bond motifs is 1. The Bertz CT molecular complexity index is 1680. The van der Waals surface area contributed by atoms with Crippen molar-refractivity contribution < 1.29 is 4.39 Å². The summed E-state index contributed by atoms with van der Waals surface area (Å²) in [4.78, 5) is 12.6. The SMILES string of the molecule is C=C/C=C(\c1nc(-c2[nH]nc3c(F)cc(C(/C=C(\C=C)NC(=C)C4CC4)=C/C)cc23)[nH]c1C)n1cnc(C)c1. The molecule has 3 aromatic heterocycles. The molecular weight excluding hydrogens is 489 g/mol. The number of rotatable bonds is 10. The van der Waals surface area contributed by atoms with Gasteiger partial charge in [0, 0.05) is 28.7 Å². The monoisotopic (exact) mass is 521 g/mol. The van der Waals surface area contributed by atoms with Crippen LogP contribution in [-0.4, -0.2) is 29.7 Å². The first-order valence-electron chi connectivity index (χ1n) is 12.9. The molecule has 3 N–H and O–H groups in total. The predicted molar refractivity (Wildman–Crippen MR) is 156 cm³/mol. The minimum absolute atomic E-state index is 0.250. The number of imidazole rings is 2. The van der Waals surface area contributed by atoms with E-state index in [1.807, 2.05) is 55.8 Å². The molecule has 198 valence electrons. The maximum atomic E-state index is 15.3. The Labute approximate surface area is 227 Å². The number of aromatic nitrogens is 6. The van der Waals surface area contributed by atoms with Crippen molar-refractivity contribution in [3.63, 3.8) is 0 Å². The molecule has 1 aliphatic carbocycles. The Morgan fingerprint density at radius 2 is 2.03 bits per heavy atom. The number of allylic oxidation sites excluding steroid dienone is 7. The van der Waals surface area contributed by atoms with Crippen LogP contribution < -0.4 is 5.32 Å². The first-order valence-corrected chi connectivity index (χ1v) is 12.9. The van der Waals surface area contributed by atoms with Gasteiger partial charge in [-0.1, -0.05) is 31.9 Å². The van der Waals surface area contributed by atoms with Gasteiger partial charge in [-0.2, -0.15) is 5.10 Å². The summed E-state index contributed by atoms with van der Waals surface area (Å²) in [5, 5.41) is 11.2. The third-order valence-corrected chi connectivity index (χ3v) is 6.79. The van der Waals surface area contributed by atoms with Crippen molar-refractivity contribution in [3.8, 4) is 11.5 Å². The lowest BCUT2D eigenvalue weighted by Crippen LogP contribution is -2.11. The van der Waals surface area contributed by atoms with Crippen LogP contribution >= 0.6 is 0 Å². The quantitative estimate of drug-likeness (QED) is 0.197. The van der Waals surface area contributed by atoms with E-state index in [1.54, 1.807) is 18.5 Å². The molecule has 7 nitrogen and oxygen atoms in total. The summed E-state index contributed by atoms with van der Waals surface area (Å²) in [5.41, 5.74) is 7.50. The summed E-state index contributed by atoms with van der Waals surface area (Å²) in [6.45, 7) is 17.7. The summed E-state index contributed by atoms with van der Waals surface area (Å²) < 4.78 is 17.2. The number of nitrogens with one attached hydrogen (secondary N) is 3. The molecule has 1 fully saturated rings. The lowest BCUT2D eigenvalue weighted by molar-refractivity contribution is 0.636. The molecule has 0 amide bonds. The molecule has 39 heavy (non-hydrogen) atoms. The van der Waals surface area contributed by atoms with Crippen molar-refractivity contribution in [2.45, 2.75) is 33.6 Å². The molecule has 1 aliphatic rings. The third kappa shape index (κ3) is 5.18. The topological polar surface area (TPSA) is 87.2 Å². The Balaban J connectivity index is 1.55. The number of H-pyrrole nitrogens is 2. The zero-order chi connectivity index (χ0) is 27.7. The van der Waals surface area contributed by atoms with E-state index < -0.39 is 5.82 Å². The lowest BCUT2D eigenvalue weighted by atomic mass is 10.0. The molecule has 0 atom stereocenters. The summed E-state index contributed by atoms with van der Waals surface area (Å²) >= 11 is 0. The summed E-state index contributed by atoms with van der Waals surface area (Å²) in [5.74, 6) is 0.643. The van der Waals surface area contributed by atoms with Crippen molar-refractivity contribution in [2.24, 2.45) is 5.92 Å². The Kier molecular flexibility index (Phi) is 7.02. The van der Waals surface area contributed by atoms with Gasteiger partial charge in [-0.15, -0.1) is 0 Å². The van der Waals surface area contributed by atoms with Gasteiger partial charge in [-0.05, 0) is 81.0 Å². The molecule has 5 rings (SSSR count). The molecule has 0 bridgehead atoms. The maximum Gasteiger partial charge on any atom is 0.157 e. The Hall–Kier alpha value is -4.72. The van der Waals surface area contributed by atoms with E-state index in [0.29, 0.717) is 28.4 Å². The van der Waals surface area contributed by atoms with Crippen molar-refractivity contribution >= 4 is 22.2 Å². The smallest absolute Gasteiger partial charge is 0.157 e. The zero-order valence-electron chi connectivity index (χ0n) is 22.5. The van der Waals surface area contributed by atoms with Gasteiger partial charge >= 0.3 is 0 Å². The molecule has 0 spiro atoms. The number of hydrogen-bond acceptors (Lipinski definition) is 4. The molecular formula is C31H32FN7. The lowest BCUT2D eigenvalue weighted by Gasteiger charge is -2.11. The van der Waals surface area contributed by atoms with Gasteiger partial charge in [0.15, 0.2) is 11.6 Å². The molecule has 1 saturated carbocycles. The second kappa shape index (κ2) is 10.6. The van der Waals surface area contributed by atoms with Crippen LogP contribution in [0.3, 0.4) is 0 Å². The van der Waals surface area contributed by atoms with E-state index in [2.05, 4.69) is 45.2 Å². The zero-order valence-corrected chi connectivity index (χ0v) is 22.5. The predicted octanol–water partition coefficient (Wildman–Crippen LogP) is 6.97. The van der Waals surface area contributed by atoms with E-state index in [-0.39, 0.29) is 5.52 Å². The fourth-order valence-corrected chi connectivity index (χ4v) is 4.57. The molecule has 3 heterocycles. The van der Waals surface area contributed by atoms with Crippen LogP contribution in [0.1, 0.15) is 42.4 Å². The highest BCUT2D eigenvalue weighted by Crippen LogP contribution is 2.35. The van der Waals surface area contributed by atoms with Crippen LogP contribution in [0.2, 0.25) is 0 Å². The second-order valence-corrected chi connectivity index (χ2v) is 9.69. The van der Waals surface area contributed by atoms with Crippen LogP contribution in [0.15, 0.2) is 86.2 Å². The Morgan fingerprint density at radius 3 is 2.67 bits per heavy atom. The number of benzene rings is 1. The molecule has 0 unspecified atom stereocenters. The van der Waals surface area contributed by atoms with Gasteiger partial charge < -0.3 is 14.9 Å². The van der Waals surface area contributed by atoms with E-state index >= 15 is 4.39 Å². The number of halogens is 1. The van der Waals surface area contributed by atoms with Gasteiger partial charge in [-0.25, -0.2) is 14.4 Å². The maximum absolute atomic E-state index is 15.3. The molecule has 0 saturated heterocycles. The highest BCUT2D eigenvalue weighted by atomic mass is 19.1. The average molecular weight is 522 g/mol. The summed E-state index contributed by atoms with van der Waals surface area (Å²) in [6, 6.07) is 3.43. The van der Waals surface area contributed by atoms with Crippen LogP contribution in [0.4, 0.5) is 4.39 Å². The fourth-order valence-electron chi connectivity index (χ4n) is 4.57. The standard InChI is InChI=1S/C31H32FN7/c1-7-10-27(39-16-18(4)33-17-39)28-20(6)35-31(36-28)30-25-14-23(15-26(32)29(25)37-38-30)21(8-2)13-24(9-3)34-19(5)22-11-12-22/h7-10,13-17,22,34H,1,3,5,11-12H2,2,4,6H3,(H,35,36)(H,37,38)/b21-8+,24-13+,27-10+. The van der Waals surface area contributed by atoms with E-state index in [1.165, 1.54) is 6.07 Å². The van der Waals surface area contributed by atoms with Gasteiger partial charge in [0.25, 0.3) is 0 Å². The fraction of sp³-hybridized carbons (Fsp3) is 0.194. The summed E-state index contributed by atoms with van der Waals surface area (Å²) in [7, 11) is 0. The van der Waals surface area contributed by atoms with Crippen molar-refractivity contribution in [1.29, 1.82) is 0 Å². The van der Waals surface area contributed by atoms with Gasteiger partial charge in [0.2, 0.25) is 0 Å². The van der Waals surface area contributed by atoms with Crippen LogP contribution in [0, 0.1) is 25.6 Å². The molecule has 4 aromatic rings. The highest BCUT2D eigenvalue weighted by Gasteiger charge is 2.25. The first kappa shape index (κ1) is 25.9. The Morgan fingerprint density at radius 1 is 1.23 bits per heavy atom. The van der Waals surface area contributed by atoms with E-state index in [4.69, 9.17) is 4.98 Å². The number of aryl methyl sites for hydroxylation is 2. The minimum Gasteiger partial charge on any atom is -0.359 e. The van der Waals surface area contributed by atoms with E-state index in [9.17, 15) is 0 Å². The number of nitrogens with zero attached hydrogens (tertiary/aromatic N) is 4. The summed E-state index contributed by atoms with van der Waals surface area (Å²) in [6.07, 6.45) is 15.2. The van der Waals surface area contributed by atoms with Crippen molar-refractivity contribution in [3.05, 3.63) is 115 Å².